The first kappa shape index (κ1) is 14.0. The second-order valence-corrected chi connectivity index (χ2v) is 5.20. The number of hydrogen-bond acceptors (Lipinski definition) is 1. The van der Waals surface area contributed by atoms with E-state index in [-0.39, 0.29) is 5.82 Å². The highest BCUT2D eigenvalue weighted by Gasteiger charge is 2.08. The zero-order valence-corrected chi connectivity index (χ0v) is 12.4. The molecule has 0 aromatic heterocycles. The van der Waals surface area contributed by atoms with Crippen LogP contribution >= 0.6 is 31.9 Å². The summed E-state index contributed by atoms with van der Waals surface area (Å²) in [5.74, 6) is 0.946. The van der Waals surface area contributed by atoms with Gasteiger partial charge in [-0.25, -0.2) is 4.39 Å². The number of halogens is 3. The molecule has 0 aliphatic heterocycles. The lowest BCUT2D eigenvalue weighted by Crippen LogP contribution is -2.13. The molecule has 4 heteroatoms. The molecule has 0 spiro atoms. The summed E-state index contributed by atoms with van der Waals surface area (Å²) >= 11 is 6.60. The SMILES string of the molecule is CCCC(CBr)COc1ccc(F)c(Br)c1. The van der Waals surface area contributed by atoms with E-state index in [1.807, 2.05) is 0 Å². The molecule has 1 aromatic rings. The maximum absolute atomic E-state index is 13.0. The first-order chi connectivity index (χ1) is 7.67. The van der Waals surface area contributed by atoms with E-state index in [0.29, 0.717) is 22.7 Å². The molecule has 16 heavy (non-hydrogen) atoms. The number of alkyl halides is 1. The Bertz CT molecular complexity index is 331. The van der Waals surface area contributed by atoms with Crippen molar-refractivity contribution in [1.29, 1.82) is 0 Å². The monoisotopic (exact) mass is 352 g/mol. The summed E-state index contributed by atoms with van der Waals surface area (Å²) in [6.07, 6.45) is 2.28. The van der Waals surface area contributed by atoms with Crippen molar-refractivity contribution in [3.63, 3.8) is 0 Å². The van der Waals surface area contributed by atoms with E-state index in [2.05, 4.69) is 38.8 Å². The van der Waals surface area contributed by atoms with Crippen LogP contribution in [-0.4, -0.2) is 11.9 Å². The molecule has 0 N–H and O–H groups in total. The highest BCUT2D eigenvalue weighted by atomic mass is 79.9. The number of hydrogen-bond donors (Lipinski definition) is 0. The molecule has 0 radical (unpaired) electrons. The second-order valence-electron chi connectivity index (χ2n) is 3.70. The molecular formula is C12H15Br2FO. The summed E-state index contributed by atoms with van der Waals surface area (Å²) < 4.78 is 19.0. The molecule has 0 bridgehead atoms. The Balaban J connectivity index is 2.50. The fourth-order valence-electron chi connectivity index (χ4n) is 1.39. The summed E-state index contributed by atoms with van der Waals surface area (Å²) in [4.78, 5) is 0. The van der Waals surface area contributed by atoms with Gasteiger partial charge in [-0.05, 0) is 40.5 Å². The van der Waals surface area contributed by atoms with Crippen LogP contribution in [0.4, 0.5) is 4.39 Å². The minimum Gasteiger partial charge on any atom is -0.493 e. The average molecular weight is 354 g/mol. The highest BCUT2D eigenvalue weighted by Crippen LogP contribution is 2.22. The lowest BCUT2D eigenvalue weighted by atomic mass is 10.1. The fourth-order valence-corrected chi connectivity index (χ4v) is 2.26. The van der Waals surface area contributed by atoms with E-state index in [0.717, 1.165) is 18.2 Å². The van der Waals surface area contributed by atoms with Crippen molar-refractivity contribution in [2.24, 2.45) is 5.92 Å². The van der Waals surface area contributed by atoms with Crippen molar-refractivity contribution in [1.82, 2.24) is 0 Å². The average Bonchev–Trinajstić information content (AvgIpc) is 2.28. The predicted molar refractivity (Wildman–Crippen MR) is 71.8 cm³/mol. The topological polar surface area (TPSA) is 9.23 Å². The van der Waals surface area contributed by atoms with Crippen LogP contribution in [0.15, 0.2) is 22.7 Å². The normalized spacial score (nSPS) is 12.5. The Hall–Kier alpha value is -0.0900. The van der Waals surface area contributed by atoms with Crippen LogP contribution < -0.4 is 4.74 Å². The van der Waals surface area contributed by atoms with Gasteiger partial charge >= 0.3 is 0 Å². The van der Waals surface area contributed by atoms with Gasteiger partial charge in [0, 0.05) is 11.2 Å². The quantitative estimate of drug-likeness (QED) is 0.669. The van der Waals surface area contributed by atoms with Gasteiger partial charge in [-0.3, -0.25) is 0 Å². The van der Waals surface area contributed by atoms with Gasteiger partial charge in [0.15, 0.2) is 0 Å². The number of rotatable bonds is 6. The molecule has 0 aliphatic carbocycles. The molecule has 1 atom stereocenters. The van der Waals surface area contributed by atoms with Gasteiger partial charge in [-0.2, -0.15) is 0 Å². The molecule has 0 saturated carbocycles. The third-order valence-electron chi connectivity index (χ3n) is 2.29. The zero-order valence-electron chi connectivity index (χ0n) is 9.18. The third kappa shape index (κ3) is 4.42. The standard InChI is InChI=1S/C12H15Br2FO/c1-2-3-9(7-13)8-16-10-4-5-12(15)11(14)6-10/h4-6,9H,2-3,7-8H2,1H3. The maximum atomic E-state index is 13.0. The largest absolute Gasteiger partial charge is 0.493 e. The van der Waals surface area contributed by atoms with Crippen LogP contribution in [0.1, 0.15) is 19.8 Å². The summed E-state index contributed by atoms with van der Waals surface area (Å²) in [5, 5.41) is 0.934. The van der Waals surface area contributed by atoms with Crippen molar-refractivity contribution in [2.45, 2.75) is 19.8 Å². The lowest BCUT2D eigenvalue weighted by molar-refractivity contribution is 0.254. The summed E-state index contributed by atoms with van der Waals surface area (Å²) in [6, 6.07) is 4.71. The molecule has 90 valence electrons. The second kappa shape index (κ2) is 7.28. The third-order valence-corrected chi connectivity index (χ3v) is 3.82. The first-order valence-electron chi connectivity index (χ1n) is 5.31. The Kier molecular flexibility index (Phi) is 6.36. The molecular weight excluding hydrogens is 339 g/mol. The van der Waals surface area contributed by atoms with E-state index in [1.54, 1.807) is 12.1 Å². The van der Waals surface area contributed by atoms with Gasteiger partial charge in [0.1, 0.15) is 11.6 Å². The van der Waals surface area contributed by atoms with Crippen LogP contribution in [0.2, 0.25) is 0 Å². The Morgan fingerprint density at radius 1 is 1.44 bits per heavy atom. The molecule has 0 amide bonds. The summed E-state index contributed by atoms with van der Waals surface area (Å²) in [5.41, 5.74) is 0. The Labute approximate surface area is 113 Å². The van der Waals surface area contributed by atoms with E-state index in [9.17, 15) is 4.39 Å². The van der Waals surface area contributed by atoms with Gasteiger partial charge < -0.3 is 4.74 Å². The zero-order chi connectivity index (χ0) is 12.0. The molecule has 0 heterocycles. The van der Waals surface area contributed by atoms with Crippen LogP contribution in [0, 0.1) is 11.7 Å². The van der Waals surface area contributed by atoms with E-state index >= 15 is 0 Å². The smallest absolute Gasteiger partial charge is 0.137 e. The van der Waals surface area contributed by atoms with Gasteiger partial charge in [0.25, 0.3) is 0 Å². The molecule has 0 fully saturated rings. The van der Waals surface area contributed by atoms with Crippen molar-refractivity contribution < 1.29 is 9.13 Å². The Morgan fingerprint density at radius 3 is 2.75 bits per heavy atom. The number of benzene rings is 1. The van der Waals surface area contributed by atoms with Crippen LogP contribution in [-0.2, 0) is 0 Å². The molecule has 0 aliphatic rings. The van der Waals surface area contributed by atoms with Crippen LogP contribution in [0.25, 0.3) is 0 Å². The summed E-state index contributed by atoms with van der Waals surface area (Å²) in [7, 11) is 0. The minimum atomic E-state index is -0.266. The van der Waals surface area contributed by atoms with Crippen molar-refractivity contribution in [3.05, 3.63) is 28.5 Å². The van der Waals surface area contributed by atoms with Gasteiger partial charge in [0.2, 0.25) is 0 Å². The molecule has 1 unspecified atom stereocenters. The van der Waals surface area contributed by atoms with E-state index in [1.165, 1.54) is 6.07 Å². The van der Waals surface area contributed by atoms with Crippen molar-refractivity contribution >= 4 is 31.9 Å². The van der Waals surface area contributed by atoms with E-state index in [4.69, 9.17) is 4.74 Å². The summed E-state index contributed by atoms with van der Waals surface area (Å²) in [6.45, 7) is 2.82. The molecule has 0 saturated heterocycles. The maximum Gasteiger partial charge on any atom is 0.137 e. The van der Waals surface area contributed by atoms with Crippen molar-refractivity contribution in [2.75, 3.05) is 11.9 Å². The van der Waals surface area contributed by atoms with Crippen LogP contribution in [0.5, 0.6) is 5.75 Å². The predicted octanol–water partition coefficient (Wildman–Crippen LogP) is 4.78. The fraction of sp³-hybridized carbons (Fsp3) is 0.500. The van der Waals surface area contributed by atoms with Gasteiger partial charge in [-0.1, -0.05) is 29.3 Å². The first-order valence-corrected chi connectivity index (χ1v) is 7.22. The minimum absolute atomic E-state index is 0.266. The molecule has 1 rings (SSSR count). The van der Waals surface area contributed by atoms with Gasteiger partial charge in [0.05, 0.1) is 11.1 Å². The van der Waals surface area contributed by atoms with Crippen LogP contribution in [0.3, 0.4) is 0 Å². The van der Waals surface area contributed by atoms with Gasteiger partial charge in [-0.15, -0.1) is 0 Å². The molecule has 1 nitrogen and oxygen atoms in total. The Morgan fingerprint density at radius 2 is 2.19 bits per heavy atom. The highest BCUT2D eigenvalue weighted by molar-refractivity contribution is 9.10. The lowest BCUT2D eigenvalue weighted by Gasteiger charge is -2.14. The molecule has 1 aromatic carbocycles. The number of ether oxygens (including phenoxy) is 1. The van der Waals surface area contributed by atoms with Crippen molar-refractivity contribution in [3.8, 4) is 5.75 Å². The van der Waals surface area contributed by atoms with E-state index < -0.39 is 0 Å².